The molecule has 0 amide bonds. The Morgan fingerprint density at radius 3 is 2.65 bits per heavy atom. The van der Waals surface area contributed by atoms with Gasteiger partial charge in [0.1, 0.15) is 5.03 Å². The molecule has 31 heavy (non-hydrogen) atoms. The van der Waals surface area contributed by atoms with Crippen LogP contribution in [0.5, 0.6) is 0 Å². The molecular weight excluding hydrogens is 410 g/mol. The first-order valence-electron chi connectivity index (χ1n) is 10.5. The number of pyridine rings is 1. The molecule has 0 atom stereocenters. The van der Waals surface area contributed by atoms with Crippen molar-refractivity contribution in [3.05, 3.63) is 48.8 Å². The predicted octanol–water partition coefficient (Wildman–Crippen LogP) is 3.61. The van der Waals surface area contributed by atoms with Gasteiger partial charge in [-0.2, -0.15) is 0 Å². The number of benzene rings is 1. The molecule has 156 valence electrons. The maximum atomic E-state index is 5.52. The number of nitrogens with zero attached hydrogens (tertiary/aromatic N) is 7. The first kappa shape index (κ1) is 18.7. The van der Waals surface area contributed by atoms with Crippen LogP contribution in [0.15, 0.2) is 59.0 Å². The molecule has 0 N–H and O–H groups in total. The van der Waals surface area contributed by atoms with Crippen LogP contribution in [0, 0.1) is 0 Å². The number of ether oxygens (including phenoxy) is 1. The van der Waals surface area contributed by atoms with E-state index in [1.807, 2.05) is 30.3 Å². The quantitative estimate of drug-likeness (QED) is 0.443. The van der Waals surface area contributed by atoms with Gasteiger partial charge < -0.3 is 9.64 Å². The number of para-hydroxylation sites is 1. The van der Waals surface area contributed by atoms with Gasteiger partial charge in [0.2, 0.25) is 5.95 Å². The lowest BCUT2D eigenvalue weighted by Crippen LogP contribution is -2.38. The summed E-state index contributed by atoms with van der Waals surface area (Å²) in [4.78, 5) is 16.2. The Hall–Kier alpha value is -3.04. The SMILES string of the molecule is c1cncc(-c2nc(Sc3nnc(N4CCOCC4)n3C3CC3)c3ccccc3n2)c1. The Labute approximate surface area is 183 Å². The zero-order valence-electron chi connectivity index (χ0n) is 16.9. The molecule has 1 saturated heterocycles. The summed E-state index contributed by atoms with van der Waals surface area (Å²) in [6.07, 6.45) is 5.87. The van der Waals surface area contributed by atoms with E-state index in [1.54, 1.807) is 24.2 Å². The van der Waals surface area contributed by atoms with E-state index in [-0.39, 0.29) is 0 Å². The summed E-state index contributed by atoms with van der Waals surface area (Å²) in [5.74, 6) is 1.61. The lowest BCUT2D eigenvalue weighted by atomic mass is 10.2. The zero-order valence-corrected chi connectivity index (χ0v) is 17.7. The highest BCUT2D eigenvalue weighted by Crippen LogP contribution is 2.43. The van der Waals surface area contributed by atoms with Crippen molar-refractivity contribution in [1.29, 1.82) is 0 Å². The van der Waals surface area contributed by atoms with Gasteiger partial charge in [-0.25, -0.2) is 9.97 Å². The highest BCUT2D eigenvalue weighted by atomic mass is 32.2. The van der Waals surface area contributed by atoms with Crippen LogP contribution in [0.3, 0.4) is 0 Å². The number of hydrogen-bond acceptors (Lipinski definition) is 8. The number of aromatic nitrogens is 6. The van der Waals surface area contributed by atoms with E-state index in [9.17, 15) is 0 Å². The van der Waals surface area contributed by atoms with Gasteiger partial charge >= 0.3 is 0 Å². The van der Waals surface area contributed by atoms with Gasteiger partial charge in [0, 0.05) is 42.5 Å². The number of rotatable bonds is 5. The molecule has 8 nitrogen and oxygen atoms in total. The molecule has 1 saturated carbocycles. The molecule has 1 aliphatic carbocycles. The van der Waals surface area contributed by atoms with Crippen LogP contribution in [-0.2, 0) is 4.74 Å². The van der Waals surface area contributed by atoms with Crippen LogP contribution in [0.2, 0.25) is 0 Å². The molecule has 9 heteroatoms. The maximum Gasteiger partial charge on any atom is 0.228 e. The minimum atomic E-state index is 0.459. The summed E-state index contributed by atoms with van der Waals surface area (Å²) in [6.45, 7) is 3.14. The van der Waals surface area contributed by atoms with E-state index in [0.29, 0.717) is 11.9 Å². The molecule has 2 aliphatic rings. The number of morpholine rings is 1. The van der Waals surface area contributed by atoms with Crippen LogP contribution in [0.1, 0.15) is 18.9 Å². The largest absolute Gasteiger partial charge is 0.378 e. The van der Waals surface area contributed by atoms with E-state index in [4.69, 9.17) is 14.7 Å². The molecule has 2 fully saturated rings. The molecule has 1 aromatic carbocycles. The minimum Gasteiger partial charge on any atom is -0.378 e. The van der Waals surface area contributed by atoms with Gasteiger partial charge in [-0.3, -0.25) is 9.55 Å². The Balaban J connectivity index is 1.43. The van der Waals surface area contributed by atoms with Gasteiger partial charge in [-0.15, -0.1) is 10.2 Å². The predicted molar refractivity (Wildman–Crippen MR) is 118 cm³/mol. The van der Waals surface area contributed by atoms with Crippen molar-refractivity contribution in [1.82, 2.24) is 29.7 Å². The second-order valence-electron chi connectivity index (χ2n) is 7.70. The summed E-state index contributed by atoms with van der Waals surface area (Å²) in [5, 5.41) is 11.9. The Kier molecular flexibility index (Phi) is 4.77. The molecule has 0 unspecified atom stereocenters. The van der Waals surface area contributed by atoms with Crippen molar-refractivity contribution in [3.63, 3.8) is 0 Å². The van der Waals surface area contributed by atoms with Crippen molar-refractivity contribution in [2.45, 2.75) is 29.1 Å². The maximum absolute atomic E-state index is 5.52. The summed E-state index contributed by atoms with van der Waals surface area (Å²) in [6, 6.07) is 12.4. The molecule has 4 aromatic rings. The molecule has 4 heterocycles. The summed E-state index contributed by atoms with van der Waals surface area (Å²) >= 11 is 1.57. The topological polar surface area (TPSA) is 81.9 Å². The summed E-state index contributed by atoms with van der Waals surface area (Å²) < 4.78 is 7.80. The van der Waals surface area contributed by atoms with Crippen molar-refractivity contribution in [3.8, 4) is 11.4 Å². The Bertz CT molecular complexity index is 1220. The van der Waals surface area contributed by atoms with Crippen LogP contribution < -0.4 is 4.90 Å². The molecule has 0 spiro atoms. The number of anilines is 1. The summed E-state index contributed by atoms with van der Waals surface area (Å²) in [5.41, 5.74) is 1.80. The van der Waals surface area contributed by atoms with Crippen molar-refractivity contribution < 1.29 is 4.74 Å². The van der Waals surface area contributed by atoms with Crippen molar-refractivity contribution in [2.24, 2.45) is 0 Å². The average molecular weight is 432 g/mol. The van der Waals surface area contributed by atoms with Crippen molar-refractivity contribution >= 4 is 28.6 Å². The molecule has 6 rings (SSSR count). The molecular formula is C22H21N7OS. The standard InChI is InChI=1S/C22H21N7OS/c1-2-6-18-17(5-1)20(25-19(24-18)15-4-3-9-23-14-15)31-22-27-26-21(29(22)16-7-8-16)28-10-12-30-13-11-28/h1-6,9,14,16H,7-8,10-13H2. The minimum absolute atomic E-state index is 0.459. The molecule has 0 radical (unpaired) electrons. The van der Waals surface area contributed by atoms with E-state index < -0.39 is 0 Å². The molecule has 1 aliphatic heterocycles. The molecule has 0 bridgehead atoms. The van der Waals surface area contributed by atoms with E-state index in [2.05, 4.69) is 30.7 Å². The van der Waals surface area contributed by atoms with Crippen LogP contribution in [0.4, 0.5) is 5.95 Å². The number of fused-ring (bicyclic) bond motifs is 1. The van der Waals surface area contributed by atoms with Gasteiger partial charge in [0.25, 0.3) is 0 Å². The van der Waals surface area contributed by atoms with Gasteiger partial charge in [0.05, 0.1) is 18.7 Å². The average Bonchev–Trinajstić information content (AvgIpc) is 3.59. The van der Waals surface area contributed by atoms with Gasteiger partial charge in [-0.1, -0.05) is 18.2 Å². The second kappa shape index (κ2) is 7.90. The molecule has 3 aromatic heterocycles. The highest BCUT2D eigenvalue weighted by Gasteiger charge is 2.32. The Morgan fingerprint density at radius 1 is 0.968 bits per heavy atom. The highest BCUT2D eigenvalue weighted by molar-refractivity contribution is 7.99. The van der Waals surface area contributed by atoms with Gasteiger partial charge in [0.15, 0.2) is 11.0 Å². The van der Waals surface area contributed by atoms with Crippen LogP contribution in [0.25, 0.3) is 22.3 Å². The lowest BCUT2D eigenvalue weighted by Gasteiger charge is -2.27. The number of hydrogen-bond donors (Lipinski definition) is 0. The fraction of sp³-hybridized carbons (Fsp3) is 0.318. The second-order valence-corrected chi connectivity index (χ2v) is 8.65. The zero-order chi connectivity index (χ0) is 20.6. The van der Waals surface area contributed by atoms with E-state index in [0.717, 1.165) is 71.7 Å². The van der Waals surface area contributed by atoms with Crippen LogP contribution >= 0.6 is 11.8 Å². The third kappa shape index (κ3) is 3.64. The fourth-order valence-corrected chi connectivity index (χ4v) is 4.80. The summed E-state index contributed by atoms with van der Waals surface area (Å²) in [7, 11) is 0. The monoisotopic (exact) mass is 431 g/mol. The van der Waals surface area contributed by atoms with Gasteiger partial charge in [-0.05, 0) is 42.8 Å². The first-order chi connectivity index (χ1) is 15.4. The normalized spacial score (nSPS) is 16.7. The third-order valence-corrected chi connectivity index (χ3v) is 6.49. The lowest BCUT2D eigenvalue weighted by molar-refractivity contribution is 0.121. The third-order valence-electron chi connectivity index (χ3n) is 5.53. The van der Waals surface area contributed by atoms with Crippen molar-refractivity contribution in [2.75, 3.05) is 31.2 Å². The smallest absolute Gasteiger partial charge is 0.228 e. The Morgan fingerprint density at radius 2 is 1.84 bits per heavy atom. The van der Waals surface area contributed by atoms with Crippen LogP contribution in [-0.4, -0.2) is 56.0 Å². The van der Waals surface area contributed by atoms with E-state index >= 15 is 0 Å². The van der Waals surface area contributed by atoms with E-state index in [1.165, 1.54) is 0 Å². The fourth-order valence-electron chi connectivity index (χ4n) is 3.81. The first-order valence-corrected chi connectivity index (χ1v) is 11.3.